The molecule has 1 aromatic heterocycles. The molecule has 1 aromatic rings. The van der Waals surface area contributed by atoms with Crippen LogP contribution >= 0.6 is 11.3 Å². The predicted octanol–water partition coefficient (Wildman–Crippen LogP) is 1.27. The number of amides is 1. The summed E-state index contributed by atoms with van der Waals surface area (Å²) in [5, 5.41) is 1.70. The first kappa shape index (κ1) is 10.6. The topological polar surface area (TPSA) is 63.2 Å². The quantitative estimate of drug-likeness (QED) is 0.872. The van der Waals surface area contributed by atoms with Crippen LogP contribution < -0.4 is 4.72 Å². The lowest BCUT2D eigenvalue weighted by atomic mass is 10.4. The number of carbonyl (C=O) groups excluding carboxylic acids is 1. The fourth-order valence-corrected chi connectivity index (χ4v) is 3.71. The molecule has 0 spiro atoms. The number of rotatable bonds is 3. The van der Waals surface area contributed by atoms with Crippen molar-refractivity contribution in [2.24, 2.45) is 5.92 Å². The van der Waals surface area contributed by atoms with Crippen molar-refractivity contribution in [3.8, 4) is 0 Å². The largest absolute Gasteiger partial charge is 0.274 e. The van der Waals surface area contributed by atoms with Gasteiger partial charge in [0.25, 0.3) is 10.0 Å². The number of sulfonamides is 1. The van der Waals surface area contributed by atoms with Crippen LogP contribution in [0, 0.1) is 12.8 Å². The van der Waals surface area contributed by atoms with E-state index in [0.29, 0.717) is 5.56 Å². The molecule has 1 heterocycles. The molecular formula is C9H11NO3S2. The van der Waals surface area contributed by atoms with Gasteiger partial charge in [0.1, 0.15) is 4.21 Å². The Morgan fingerprint density at radius 1 is 1.53 bits per heavy atom. The lowest BCUT2D eigenvalue weighted by Gasteiger charge is -2.04. The van der Waals surface area contributed by atoms with Crippen molar-refractivity contribution >= 4 is 27.3 Å². The number of hydrogen-bond acceptors (Lipinski definition) is 4. The van der Waals surface area contributed by atoms with E-state index in [9.17, 15) is 13.2 Å². The minimum absolute atomic E-state index is 0.0972. The summed E-state index contributed by atoms with van der Waals surface area (Å²) in [7, 11) is -3.63. The molecule has 15 heavy (non-hydrogen) atoms. The summed E-state index contributed by atoms with van der Waals surface area (Å²) in [6, 6.07) is 1.72. The van der Waals surface area contributed by atoms with E-state index in [4.69, 9.17) is 0 Å². The smallest absolute Gasteiger partial charge is 0.273 e. The van der Waals surface area contributed by atoms with Gasteiger partial charge in [0.15, 0.2) is 0 Å². The number of aryl methyl sites for hydroxylation is 1. The van der Waals surface area contributed by atoms with Crippen molar-refractivity contribution in [3.05, 3.63) is 17.0 Å². The molecule has 1 saturated carbocycles. The van der Waals surface area contributed by atoms with Crippen LogP contribution in [0.1, 0.15) is 18.4 Å². The second-order valence-electron chi connectivity index (χ2n) is 3.64. The first-order valence-corrected chi connectivity index (χ1v) is 6.98. The Kier molecular flexibility index (Phi) is 2.56. The Balaban J connectivity index is 2.20. The molecule has 0 bridgehead atoms. The van der Waals surface area contributed by atoms with Gasteiger partial charge in [0, 0.05) is 5.92 Å². The molecule has 4 nitrogen and oxygen atoms in total. The molecule has 0 unspecified atom stereocenters. The summed E-state index contributed by atoms with van der Waals surface area (Å²) < 4.78 is 25.8. The normalized spacial score (nSPS) is 16.3. The van der Waals surface area contributed by atoms with E-state index in [1.807, 2.05) is 0 Å². The van der Waals surface area contributed by atoms with E-state index in [1.165, 1.54) is 0 Å². The summed E-state index contributed by atoms with van der Waals surface area (Å²) in [5.41, 5.74) is 0.677. The Hall–Kier alpha value is -0.880. The maximum absolute atomic E-state index is 11.7. The van der Waals surface area contributed by atoms with Gasteiger partial charge in [-0.05, 0) is 36.8 Å². The highest BCUT2D eigenvalue weighted by Gasteiger charge is 2.33. The highest BCUT2D eigenvalue weighted by atomic mass is 32.2. The summed E-state index contributed by atoms with van der Waals surface area (Å²) in [4.78, 5) is 11.3. The molecule has 1 aliphatic rings. The van der Waals surface area contributed by atoms with E-state index in [-0.39, 0.29) is 16.0 Å². The van der Waals surface area contributed by atoms with Gasteiger partial charge < -0.3 is 0 Å². The molecule has 2 rings (SSSR count). The van der Waals surface area contributed by atoms with Crippen molar-refractivity contribution in [2.45, 2.75) is 24.0 Å². The molecule has 0 radical (unpaired) electrons. The third-order valence-corrected chi connectivity index (χ3v) is 5.28. The SMILES string of the molecule is Cc1ccsc1S(=O)(=O)NC(=O)C1CC1. The third-order valence-electron chi connectivity index (χ3n) is 2.24. The van der Waals surface area contributed by atoms with Gasteiger partial charge in [-0.1, -0.05) is 0 Å². The van der Waals surface area contributed by atoms with Gasteiger partial charge >= 0.3 is 0 Å². The van der Waals surface area contributed by atoms with E-state index in [1.54, 1.807) is 18.4 Å². The van der Waals surface area contributed by atoms with Gasteiger partial charge in [0.2, 0.25) is 5.91 Å². The first-order valence-electron chi connectivity index (χ1n) is 4.61. The molecule has 0 aromatic carbocycles. The van der Waals surface area contributed by atoms with Gasteiger partial charge in [-0.3, -0.25) is 4.79 Å². The van der Waals surface area contributed by atoms with Crippen LogP contribution in [0.4, 0.5) is 0 Å². The van der Waals surface area contributed by atoms with Crippen molar-refractivity contribution in [2.75, 3.05) is 0 Å². The summed E-state index contributed by atoms with van der Waals surface area (Å²) in [6.45, 7) is 1.71. The molecule has 0 aliphatic heterocycles. The molecule has 1 amide bonds. The molecule has 82 valence electrons. The highest BCUT2D eigenvalue weighted by Crippen LogP contribution is 2.30. The monoisotopic (exact) mass is 245 g/mol. The van der Waals surface area contributed by atoms with Crippen LogP contribution in [0.3, 0.4) is 0 Å². The van der Waals surface area contributed by atoms with E-state index in [0.717, 1.165) is 24.2 Å². The van der Waals surface area contributed by atoms with Gasteiger partial charge in [-0.2, -0.15) is 0 Å². The van der Waals surface area contributed by atoms with Crippen LogP contribution in [-0.4, -0.2) is 14.3 Å². The minimum Gasteiger partial charge on any atom is -0.274 e. The van der Waals surface area contributed by atoms with Crippen molar-refractivity contribution in [3.63, 3.8) is 0 Å². The Morgan fingerprint density at radius 2 is 2.20 bits per heavy atom. The van der Waals surface area contributed by atoms with Gasteiger partial charge in [-0.15, -0.1) is 11.3 Å². The number of hydrogen-bond donors (Lipinski definition) is 1. The standard InChI is InChI=1S/C9H11NO3S2/c1-6-4-5-14-9(6)15(12,13)10-8(11)7-2-3-7/h4-5,7H,2-3H2,1H3,(H,10,11). The van der Waals surface area contributed by atoms with Crippen molar-refractivity contribution < 1.29 is 13.2 Å². The number of thiophene rings is 1. The van der Waals surface area contributed by atoms with E-state index in [2.05, 4.69) is 4.72 Å². The van der Waals surface area contributed by atoms with E-state index < -0.39 is 10.0 Å². The van der Waals surface area contributed by atoms with Crippen LogP contribution in [0.5, 0.6) is 0 Å². The van der Waals surface area contributed by atoms with Crippen LogP contribution in [0.25, 0.3) is 0 Å². The zero-order valence-corrected chi connectivity index (χ0v) is 9.82. The Morgan fingerprint density at radius 3 is 2.67 bits per heavy atom. The Labute approximate surface area is 92.4 Å². The molecule has 0 atom stereocenters. The lowest BCUT2D eigenvalue weighted by Crippen LogP contribution is -2.31. The summed E-state index contributed by atoms with van der Waals surface area (Å²) in [5.74, 6) is -0.470. The van der Waals surface area contributed by atoms with E-state index >= 15 is 0 Å². The number of nitrogens with one attached hydrogen (secondary N) is 1. The fraction of sp³-hybridized carbons (Fsp3) is 0.444. The highest BCUT2D eigenvalue weighted by molar-refractivity contribution is 7.92. The lowest BCUT2D eigenvalue weighted by molar-refractivity contribution is -0.120. The van der Waals surface area contributed by atoms with Gasteiger partial charge in [-0.25, -0.2) is 13.1 Å². The second kappa shape index (κ2) is 3.61. The molecule has 0 saturated heterocycles. The van der Waals surface area contributed by atoms with Crippen molar-refractivity contribution in [1.29, 1.82) is 0 Å². The zero-order chi connectivity index (χ0) is 11.1. The molecule has 6 heteroatoms. The molecule has 1 N–H and O–H groups in total. The third kappa shape index (κ3) is 2.21. The Bertz CT molecular complexity index is 485. The molecule has 1 fully saturated rings. The second-order valence-corrected chi connectivity index (χ2v) is 6.43. The van der Waals surface area contributed by atoms with Gasteiger partial charge in [0.05, 0.1) is 0 Å². The maximum atomic E-state index is 11.7. The fourth-order valence-electron chi connectivity index (χ4n) is 1.24. The molecule has 1 aliphatic carbocycles. The van der Waals surface area contributed by atoms with Crippen LogP contribution in [0.15, 0.2) is 15.7 Å². The molecular weight excluding hydrogens is 234 g/mol. The van der Waals surface area contributed by atoms with Crippen molar-refractivity contribution in [1.82, 2.24) is 4.72 Å². The average molecular weight is 245 g/mol. The predicted molar refractivity (Wildman–Crippen MR) is 57.1 cm³/mol. The maximum Gasteiger partial charge on any atom is 0.273 e. The zero-order valence-electron chi connectivity index (χ0n) is 8.19. The minimum atomic E-state index is -3.63. The van der Waals surface area contributed by atoms with Crippen LogP contribution in [-0.2, 0) is 14.8 Å². The number of carbonyl (C=O) groups is 1. The first-order chi connectivity index (χ1) is 7.00. The van der Waals surface area contributed by atoms with Crippen LogP contribution in [0.2, 0.25) is 0 Å². The summed E-state index contributed by atoms with van der Waals surface area (Å²) in [6.07, 6.45) is 1.59. The average Bonchev–Trinajstić information content (AvgIpc) is 2.88. The summed E-state index contributed by atoms with van der Waals surface area (Å²) >= 11 is 1.13.